The first-order valence-electron chi connectivity index (χ1n) is 16.4. The summed E-state index contributed by atoms with van der Waals surface area (Å²) in [4.78, 5) is 4.95. The first-order chi connectivity index (χ1) is 22.8. The van der Waals surface area contributed by atoms with Crippen LogP contribution in [0.4, 0.5) is 22.7 Å². The van der Waals surface area contributed by atoms with Gasteiger partial charge in [0.1, 0.15) is 0 Å². The molecule has 226 valence electrons. The smallest absolute Gasteiger partial charge is 0.0412 e. The van der Waals surface area contributed by atoms with Gasteiger partial charge in [0.25, 0.3) is 0 Å². The maximum absolute atomic E-state index is 2.49. The fourth-order valence-electron chi connectivity index (χ4n) is 6.54. The van der Waals surface area contributed by atoms with Crippen LogP contribution in [0.2, 0.25) is 0 Å². The molecule has 2 unspecified atom stereocenters. The van der Waals surface area contributed by atoms with Crippen LogP contribution < -0.4 is 9.80 Å². The lowest BCUT2D eigenvalue weighted by atomic mass is 9.91. The van der Waals surface area contributed by atoms with Crippen molar-refractivity contribution in [1.82, 2.24) is 0 Å². The molecule has 5 aromatic rings. The normalized spacial score (nSPS) is 17.0. The molecule has 0 saturated carbocycles. The van der Waals surface area contributed by atoms with Crippen molar-refractivity contribution in [2.75, 3.05) is 22.9 Å². The first kappa shape index (κ1) is 29.4. The van der Waals surface area contributed by atoms with Gasteiger partial charge in [-0.3, -0.25) is 0 Å². The minimum atomic E-state index is 0.389. The number of hydrogen-bond donors (Lipinski definition) is 0. The van der Waals surface area contributed by atoms with Gasteiger partial charge in [0.2, 0.25) is 0 Å². The topological polar surface area (TPSA) is 6.48 Å². The maximum Gasteiger partial charge on any atom is 0.0412 e. The van der Waals surface area contributed by atoms with Crippen LogP contribution in [0, 0.1) is 11.8 Å². The molecule has 2 atom stereocenters. The lowest BCUT2D eigenvalue weighted by Gasteiger charge is -2.31. The van der Waals surface area contributed by atoms with Crippen LogP contribution in [-0.4, -0.2) is 13.1 Å². The highest BCUT2D eigenvalue weighted by molar-refractivity contribution is 5.76. The first-order valence-corrected chi connectivity index (χ1v) is 16.4. The van der Waals surface area contributed by atoms with E-state index in [1.165, 1.54) is 45.0 Å². The van der Waals surface area contributed by atoms with Crippen molar-refractivity contribution in [2.24, 2.45) is 11.8 Å². The second kappa shape index (κ2) is 14.2. The van der Waals surface area contributed by atoms with Crippen molar-refractivity contribution in [3.8, 4) is 11.1 Å². The summed E-state index contributed by atoms with van der Waals surface area (Å²) < 4.78 is 0. The number of benzene rings is 5. The van der Waals surface area contributed by atoms with Gasteiger partial charge in [0, 0.05) is 35.8 Å². The molecule has 0 aromatic heterocycles. The number of anilines is 4. The maximum atomic E-state index is 2.49. The van der Waals surface area contributed by atoms with Crippen LogP contribution in [0.1, 0.15) is 18.4 Å². The third-order valence-electron chi connectivity index (χ3n) is 8.99. The summed E-state index contributed by atoms with van der Waals surface area (Å²) in [5.74, 6) is 0.870. The lowest BCUT2D eigenvalue weighted by molar-refractivity contribution is 0.656. The number of hydrogen-bond acceptors (Lipinski definition) is 2. The number of nitrogens with zero attached hydrogens (tertiary/aromatic N) is 2. The zero-order valence-electron chi connectivity index (χ0n) is 26.2. The van der Waals surface area contributed by atoms with E-state index in [2.05, 4.69) is 192 Å². The van der Waals surface area contributed by atoms with Gasteiger partial charge in [0.05, 0.1) is 0 Å². The van der Waals surface area contributed by atoms with Gasteiger partial charge in [-0.25, -0.2) is 0 Å². The van der Waals surface area contributed by atoms with E-state index in [0.717, 1.165) is 25.9 Å². The van der Waals surface area contributed by atoms with E-state index in [-0.39, 0.29) is 0 Å². The van der Waals surface area contributed by atoms with Gasteiger partial charge in [-0.15, -0.1) is 0 Å². The number of allylic oxidation sites excluding steroid dienone is 6. The zero-order valence-corrected chi connectivity index (χ0v) is 26.2. The Morgan fingerprint density at radius 2 is 0.913 bits per heavy atom. The molecule has 0 saturated heterocycles. The van der Waals surface area contributed by atoms with Crippen LogP contribution in [0.3, 0.4) is 0 Å². The van der Waals surface area contributed by atoms with Crippen LogP contribution in [-0.2, 0) is 0 Å². The summed E-state index contributed by atoms with van der Waals surface area (Å²) in [6, 6.07) is 50.4. The highest BCUT2D eigenvalue weighted by atomic mass is 15.2. The molecule has 2 heteroatoms. The monoisotopic (exact) mass is 596 g/mol. The SMILES string of the molecule is C1=CCC(CN(c2ccccc2)c2ccc(N(CC3C=C(c4ccccc4)C=CC3)c3ccc(-c4ccccc4)cc3)cc2)C=C1. The second-order valence-corrected chi connectivity index (χ2v) is 12.2. The van der Waals surface area contributed by atoms with Crippen molar-refractivity contribution in [1.29, 1.82) is 0 Å². The molecule has 0 heterocycles. The molecule has 0 bridgehead atoms. The highest BCUT2D eigenvalue weighted by Crippen LogP contribution is 2.35. The summed E-state index contributed by atoms with van der Waals surface area (Å²) >= 11 is 0. The molecule has 0 N–H and O–H groups in total. The van der Waals surface area contributed by atoms with Gasteiger partial charge in [-0.05, 0) is 95.5 Å². The molecule has 5 aromatic carbocycles. The van der Waals surface area contributed by atoms with Gasteiger partial charge in [-0.2, -0.15) is 0 Å². The predicted octanol–water partition coefficient (Wildman–Crippen LogP) is 11.4. The van der Waals surface area contributed by atoms with Gasteiger partial charge >= 0.3 is 0 Å². The Hall–Kier alpha value is -5.34. The highest BCUT2D eigenvalue weighted by Gasteiger charge is 2.20. The summed E-state index contributed by atoms with van der Waals surface area (Å²) in [7, 11) is 0. The zero-order chi connectivity index (χ0) is 31.0. The van der Waals surface area contributed by atoms with E-state index < -0.39 is 0 Å². The van der Waals surface area contributed by atoms with Crippen LogP contribution in [0.25, 0.3) is 16.7 Å². The molecule has 46 heavy (non-hydrogen) atoms. The third-order valence-corrected chi connectivity index (χ3v) is 8.99. The summed E-state index contributed by atoms with van der Waals surface area (Å²) in [6.07, 6.45) is 18.1. The van der Waals surface area contributed by atoms with Gasteiger partial charge in [-0.1, -0.05) is 134 Å². The van der Waals surface area contributed by atoms with Gasteiger partial charge < -0.3 is 9.80 Å². The molecular formula is C44H40N2. The molecule has 7 rings (SSSR count). The van der Waals surface area contributed by atoms with Crippen LogP contribution in [0.5, 0.6) is 0 Å². The minimum absolute atomic E-state index is 0.389. The van der Waals surface area contributed by atoms with E-state index in [0.29, 0.717) is 11.8 Å². The summed E-state index contributed by atoms with van der Waals surface area (Å²) in [5, 5.41) is 0. The number of rotatable bonds is 10. The Labute approximate surface area is 274 Å². The van der Waals surface area contributed by atoms with Crippen LogP contribution >= 0.6 is 0 Å². The average Bonchev–Trinajstić information content (AvgIpc) is 3.15. The standard InChI is InChI=1S/C44H40N2/c1-5-14-35(15-6-1)33-45(41-22-11-4-12-23-41)43-28-30-44(31-29-43)46(42-26-24-39(25-27-42)37-17-7-2-8-18-37)34-36-16-13-21-40(32-36)38-19-9-3-10-20-38/h1-14,17-32,35-36H,15-16,33-34H2. The Kier molecular flexibility index (Phi) is 9.05. The van der Waals surface area contributed by atoms with E-state index in [9.17, 15) is 0 Å². The molecule has 0 spiro atoms. The van der Waals surface area contributed by atoms with Crippen LogP contribution in [0.15, 0.2) is 182 Å². The van der Waals surface area contributed by atoms with Crippen molar-refractivity contribution in [3.63, 3.8) is 0 Å². The molecule has 0 fully saturated rings. The summed E-state index contributed by atoms with van der Waals surface area (Å²) in [5.41, 5.74) is 9.89. The van der Waals surface area contributed by atoms with Crippen molar-refractivity contribution in [3.05, 3.63) is 188 Å². The molecule has 0 aliphatic heterocycles. The Morgan fingerprint density at radius 3 is 1.50 bits per heavy atom. The Bertz CT molecular complexity index is 1820. The quantitative estimate of drug-likeness (QED) is 0.158. The minimum Gasteiger partial charge on any atom is -0.341 e. The van der Waals surface area contributed by atoms with E-state index >= 15 is 0 Å². The molecule has 0 amide bonds. The average molecular weight is 597 g/mol. The molecule has 0 radical (unpaired) electrons. The fourth-order valence-corrected chi connectivity index (χ4v) is 6.54. The van der Waals surface area contributed by atoms with Crippen molar-refractivity contribution < 1.29 is 0 Å². The molecule has 2 nitrogen and oxygen atoms in total. The summed E-state index contributed by atoms with van der Waals surface area (Å²) in [6.45, 7) is 1.84. The second-order valence-electron chi connectivity index (χ2n) is 12.2. The van der Waals surface area contributed by atoms with Crippen molar-refractivity contribution in [2.45, 2.75) is 12.8 Å². The Morgan fingerprint density at radius 1 is 0.435 bits per heavy atom. The fraction of sp³-hybridized carbons (Fsp3) is 0.136. The third kappa shape index (κ3) is 6.98. The predicted molar refractivity (Wildman–Crippen MR) is 197 cm³/mol. The van der Waals surface area contributed by atoms with E-state index in [1.54, 1.807) is 0 Å². The molecule has 2 aliphatic carbocycles. The van der Waals surface area contributed by atoms with Gasteiger partial charge in [0.15, 0.2) is 0 Å². The number of para-hydroxylation sites is 1. The largest absolute Gasteiger partial charge is 0.341 e. The van der Waals surface area contributed by atoms with E-state index in [1.807, 2.05) is 0 Å². The lowest BCUT2D eigenvalue weighted by Crippen LogP contribution is -2.26. The molecular weight excluding hydrogens is 556 g/mol. The van der Waals surface area contributed by atoms with Crippen molar-refractivity contribution >= 4 is 28.3 Å². The molecule has 2 aliphatic rings. The van der Waals surface area contributed by atoms with E-state index in [4.69, 9.17) is 0 Å². The Balaban J connectivity index is 1.20.